The van der Waals surface area contributed by atoms with Gasteiger partial charge in [-0.3, -0.25) is 28.9 Å². The molecular weight excluding hydrogens is 416 g/mol. The molecule has 0 spiro atoms. The van der Waals surface area contributed by atoms with Gasteiger partial charge in [-0.05, 0) is 18.6 Å². The van der Waals surface area contributed by atoms with Crippen molar-refractivity contribution in [3.63, 3.8) is 0 Å². The Morgan fingerprint density at radius 1 is 1.34 bits per heavy atom. The van der Waals surface area contributed by atoms with E-state index in [1.54, 1.807) is 17.2 Å². The molecule has 11 nitrogen and oxygen atoms in total. The van der Waals surface area contributed by atoms with E-state index in [0.29, 0.717) is 19.5 Å². The van der Waals surface area contributed by atoms with Crippen molar-refractivity contribution in [2.24, 2.45) is 5.92 Å². The van der Waals surface area contributed by atoms with Crippen molar-refractivity contribution in [3.05, 3.63) is 50.9 Å². The lowest BCUT2D eigenvalue weighted by atomic mass is 10.1. The van der Waals surface area contributed by atoms with Gasteiger partial charge in [0, 0.05) is 39.4 Å². The van der Waals surface area contributed by atoms with E-state index in [0.717, 1.165) is 5.69 Å². The monoisotopic (exact) mass is 444 g/mol. The molecule has 1 atom stereocenters. The maximum absolute atomic E-state index is 13.4. The number of hydrogen-bond donors (Lipinski definition) is 2. The number of carbonyl (C=O) groups is 2. The predicted octanol–water partition coefficient (Wildman–Crippen LogP) is -0.0481. The van der Waals surface area contributed by atoms with Gasteiger partial charge in [0.15, 0.2) is 5.69 Å². The molecule has 0 aliphatic carbocycles. The number of nitrogen functional groups attached to an aromatic ring is 1. The van der Waals surface area contributed by atoms with E-state index in [1.165, 1.54) is 16.6 Å². The van der Waals surface area contributed by atoms with E-state index < -0.39 is 23.1 Å². The summed E-state index contributed by atoms with van der Waals surface area (Å²) in [5, 5.41) is 0. The Labute approximate surface area is 184 Å². The molecule has 3 N–H and O–H groups in total. The predicted molar refractivity (Wildman–Crippen MR) is 118 cm³/mol. The average molecular weight is 444 g/mol. The number of rotatable bonds is 9. The Morgan fingerprint density at radius 2 is 2.12 bits per heavy atom. The minimum atomic E-state index is -0.751. The van der Waals surface area contributed by atoms with Crippen LogP contribution in [0.1, 0.15) is 25.5 Å². The summed E-state index contributed by atoms with van der Waals surface area (Å²) < 4.78 is 6.34. The number of hydrogen-bond acceptors (Lipinski definition) is 7. The summed E-state index contributed by atoms with van der Waals surface area (Å²) >= 11 is 0. The van der Waals surface area contributed by atoms with Crippen LogP contribution in [0.15, 0.2) is 34.0 Å². The number of anilines is 2. The van der Waals surface area contributed by atoms with Crippen LogP contribution in [0.4, 0.5) is 11.5 Å². The van der Waals surface area contributed by atoms with Crippen LogP contribution < -0.4 is 21.9 Å². The van der Waals surface area contributed by atoms with Crippen LogP contribution in [-0.4, -0.2) is 58.1 Å². The molecule has 0 saturated carbocycles. The lowest BCUT2D eigenvalue weighted by Gasteiger charge is -2.26. The molecule has 0 bridgehead atoms. The minimum absolute atomic E-state index is 0.0154. The molecule has 1 aliphatic rings. The van der Waals surface area contributed by atoms with E-state index in [2.05, 4.69) is 9.97 Å². The highest BCUT2D eigenvalue weighted by Crippen LogP contribution is 2.25. The van der Waals surface area contributed by atoms with E-state index in [4.69, 9.17) is 10.5 Å². The summed E-state index contributed by atoms with van der Waals surface area (Å²) in [4.78, 5) is 60.1. The molecule has 1 aliphatic heterocycles. The van der Waals surface area contributed by atoms with Gasteiger partial charge < -0.3 is 20.3 Å². The second-order valence-corrected chi connectivity index (χ2v) is 7.62. The van der Waals surface area contributed by atoms with E-state index >= 15 is 0 Å². The average Bonchev–Trinajstić information content (AvgIpc) is 3.13. The first kappa shape index (κ1) is 23.2. The normalized spacial score (nSPS) is 15.9. The van der Waals surface area contributed by atoms with Gasteiger partial charge in [-0.25, -0.2) is 4.79 Å². The van der Waals surface area contributed by atoms with Crippen LogP contribution in [0.5, 0.6) is 0 Å². The number of nitrogens with two attached hydrogens (primary N) is 1. The topological polar surface area (TPSA) is 144 Å². The van der Waals surface area contributed by atoms with Crippen LogP contribution in [0.3, 0.4) is 0 Å². The van der Waals surface area contributed by atoms with Crippen LogP contribution in [0, 0.1) is 5.92 Å². The number of likely N-dealkylation sites (tertiary alicyclic amines) is 1. The molecule has 0 radical (unpaired) electrons. The lowest BCUT2D eigenvalue weighted by molar-refractivity contribution is -0.129. The first-order chi connectivity index (χ1) is 15.4. The molecule has 172 valence electrons. The Balaban J connectivity index is 1.89. The zero-order valence-corrected chi connectivity index (χ0v) is 18.2. The third kappa shape index (κ3) is 4.88. The maximum atomic E-state index is 13.4. The van der Waals surface area contributed by atoms with Crippen molar-refractivity contribution in [2.75, 3.05) is 37.4 Å². The molecule has 1 fully saturated rings. The number of aromatic amines is 1. The summed E-state index contributed by atoms with van der Waals surface area (Å²) in [6.07, 6.45) is 2.27. The van der Waals surface area contributed by atoms with Gasteiger partial charge in [0.2, 0.25) is 11.8 Å². The van der Waals surface area contributed by atoms with E-state index in [1.807, 2.05) is 19.1 Å². The fourth-order valence-electron chi connectivity index (χ4n) is 3.80. The number of carbonyl (C=O) groups excluding carboxylic acids is 2. The SMILES string of the molecule is CCCn1c(N)c(N(CCOC)C(=O)C2CC(=O)N(Cc3ccccn3)C2)c(=O)[nH]c1=O. The molecule has 2 amide bonds. The number of ether oxygens (including phenoxy) is 1. The summed E-state index contributed by atoms with van der Waals surface area (Å²) in [5.74, 6) is -1.33. The summed E-state index contributed by atoms with van der Waals surface area (Å²) in [6, 6.07) is 5.43. The molecule has 3 heterocycles. The minimum Gasteiger partial charge on any atom is -0.383 e. The van der Waals surface area contributed by atoms with Crippen molar-refractivity contribution in [2.45, 2.75) is 32.9 Å². The van der Waals surface area contributed by atoms with Crippen molar-refractivity contribution < 1.29 is 14.3 Å². The van der Waals surface area contributed by atoms with Crippen molar-refractivity contribution in [1.29, 1.82) is 0 Å². The molecular formula is C21H28N6O5. The highest BCUT2D eigenvalue weighted by molar-refractivity contribution is 6.00. The Hall–Kier alpha value is -3.47. The van der Waals surface area contributed by atoms with Gasteiger partial charge in [-0.15, -0.1) is 0 Å². The van der Waals surface area contributed by atoms with Crippen LogP contribution in [-0.2, 0) is 27.4 Å². The van der Waals surface area contributed by atoms with Gasteiger partial charge in [0.05, 0.1) is 24.8 Å². The quantitative estimate of drug-likeness (QED) is 0.552. The number of nitrogens with one attached hydrogen (secondary N) is 1. The molecule has 2 aromatic heterocycles. The van der Waals surface area contributed by atoms with Crippen LogP contribution in [0.2, 0.25) is 0 Å². The van der Waals surface area contributed by atoms with Crippen LogP contribution in [0.25, 0.3) is 0 Å². The number of nitrogens with zero attached hydrogens (tertiary/aromatic N) is 4. The van der Waals surface area contributed by atoms with Gasteiger partial charge >= 0.3 is 5.69 Å². The van der Waals surface area contributed by atoms with E-state index in [9.17, 15) is 19.2 Å². The second-order valence-electron chi connectivity index (χ2n) is 7.62. The third-order valence-electron chi connectivity index (χ3n) is 5.36. The highest BCUT2D eigenvalue weighted by atomic mass is 16.5. The first-order valence-electron chi connectivity index (χ1n) is 10.5. The molecule has 2 aromatic rings. The Kier molecular flexibility index (Phi) is 7.41. The number of aromatic nitrogens is 3. The van der Waals surface area contributed by atoms with Gasteiger partial charge in [0.1, 0.15) is 5.82 Å². The standard InChI is InChI=1S/C21H28N6O5/c1-3-8-27-18(22)17(19(29)24-21(27)31)26(9-10-32-2)20(30)14-11-16(28)25(12-14)13-15-6-4-5-7-23-15/h4-7,14H,3,8-13,22H2,1-2H3,(H,24,29,31). The lowest BCUT2D eigenvalue weighted by Crippen LogP contribution is -2.45. The number of amides is 2. The van der Waals surface area contributed by atoms with Crippen LogP contribution >= 0.6 is 0 Å². The third-order valence-corrected chi connectivity index (χ3v) is 5.36. The maximum Gasteiger partial charge on any atom is 0.330 e. The highest BCUT2D eigenvalue weighted by Gasteiger charge is 2.38. The zero-order chi connectivity index (χ0) is 23.3. The van der Waals surface area contributed by atoms with Crippen molar-refractivity contribution in [1.82, 2.24) is 19.4 Å². The molecule has 3 rings (SSSR count). The fourth-order valence-corrected chi connectivity index (χ4v) is 3.80. The van der Waals surface area contributed by atoms with Crippen molar-refractivity contribution >= 4 is 23.3 Å². The summed E-state index contributed by atoms with van der Waals surface area (Å²) in [5.41, 5.74) is 5.40. The smallest absolute Gasteiger partial charge is 0.330 e. The van der Waals surface area contributed by atoms with Crippen molar-refractivity contribution in [3.8, 4) is 0 Å². The Morgan fingerprint density at radius 3 is 2.78 bits per heavy atom. The zero-order valence-electron chi connectivity index (χ0n) is 18.2. The molecule has 0 aromatic carbocycles. The largest absolute Gasteiger partial charge is 0.383 e. The summed E-state index contributed by atoms with van der Waals surface area (Å²) in [7, 11) is 1.47. The Bertz CT molecular complexity index is 1080. The molecule has 32 heavy (non-hydrogen) atoms. The molecule has 1 saturated heterocycles. The second kappa shape index (κ2) is 10.2. The fraction of sp³-hybridized carbons (Fsp3) is 0.476. The first-order valence-corrected chi connectivity index (χ1v) is 10.5. The van der Waals surface area contributed by atoms with Gasteiger partial charge in [-0.1, -0.05) is 13.0 Å². The summed E-state index contributed by atoms with van der Waals surface area (Å²) in [6.45, 7) is 2.86. The number of methoxy groups -OCH3 is 1. The van der Waals surface area contributed by atoms with E-state index in [-0.39, 0.29) is 43.5 Å². The molecule has 1 unspecified atom stereocenters. The molecule has 11 heteroatoms. The number of H-pyrrole nitrogens is 1. The van der Waals surface area contributed by atoms with Gasteiger partial charge in [-0.2, -0.15) is 0 Å². The van der Waals surface area contributed by atoms with Gasteiger partial charge in [0.25, 0.3) is 5.56 Å². The number of pyridine rings is 1.